The molecular weight excluding hydrogens is 428 g/mol. The van der Waals surface area contributed by atoms with E-state index in [1.807, 2.05) is 55.6 Å². The van der Waals surface area contributed by atoms with Gasteiger partial charge in [0, 0.05) is 41.6 Å². The summed E-state index contributed by atoms with van der Waals surface area (Å²) in [6.45, 7) is 2.87. The molecule has 2 amide bonds. The molecule has 4 aromatic rings. The van der Waals surface area contributed by atoms with Gasteiger partial charge in [-0.2, -0.15) is 5.10 Å². The third-order valence-electron chi connectivity index (χ3n) is 5.09. The van der Waals surface area contributed by atoms with Crippen LogP contribution in [-0.4, -0.2) is 60.0 Å². The van der Waals surface area contributed by atoms with E-state index in [-0.39, 0.29) is 6.03 Å². The highest BCUT2D eigenvalue weighted by Gasteiger charge is 2.24. The highest BCUT2D eigenvalue weighted by Crippen LogP contribution is 2.29. The van der Waals surface area contributed by atoms with Gasteiger partial charge in [-0.25, -0.2) is 14.3 Å². The van der Waals surface area contributed by atoms with Gasteiger partial charge in [0.2, 0.25) is 5.16 Å². The number of aromatic amines is 1. The van der Waals surface area contributed by atoms with E-state index >= 15 is 0 Å². The van der Waals surface area contributed by atoms with Crippen molar-refractivity contribution >= 4 is 40.6 Å². The Morgan fingerprint density at radius 1 is 1.28 bits per heavy atom. The van der Waals surface area contributed by atoms with Gasteiger partial charge in [-0.3, -0.25) is 5.10 Å². The van der Waals surface area contributed by atoms with Crippen LogP contribution in [0.1, 0.15) is 12.1 Å². The number of rotatable bonds is 5. The number of anilines is 3. The van der Waals surface area contributed by atoms with Crippen LogP contribution in [0, 0.1) is 6.92 Å². The zero-order valence-electron chi connectivity index (χ0n) is 17.3. The quantitative estimate of drug-likeness (QED) is 0.368. The topological polar surface area (TPSA) is 123 Å². The molecule has 0 bridgehead atoms. The van der Waals surface area contributed by atoms with Crippen molar-refractivity contribution in [1.29, 1.82) is 0 Å². The van der Waals surface area contributed by atoms with E-state index in [0.717, 1.165) is 16.1 Å². The van der Waals surface area contributed by atoms with Crippen LogP contribution >= 0.6 is 11.8 Å². The Morgan fingerprint density at radius 3 is 2.84 bits per heavy atom. The molecule has 1 aromatic carbocycles. The Labute approximate surface area is 188 Å². The molecule has 4 N–H and O–H groups in total. The lowest BCUT2D eigenvalue weighted by molar-refractivity contribution is 0.176. The van der Waals surface area contributed by atoms with E-state index in [1.54, 1.807) is 9.42 Å². The average molecular weight is 451 g/mol. The van der Waals surface area contributed by atoms with Gasteiger partial charge < -0.3 is 20.6 Å². The molecular formula is C21H22N8O2S. The minimum Gasteiger partial charge on any atom is -0.391 e. The third-order valence-corrected chi connectivity index (χ3v) is 5.95. The highest BCUT2D eigenvalue weighted by molar-refractivity contribution is 7.99. The normalized spacial score (nSPS) is 15.9. The number of likely N-dealkylation sites (tertiary alicyclic amines) is 1. The molecule has 1 fully saturated rings. The molecule has 1 aliphatic heterocycles. The first-order valence-corrected chi connectivity index (χ1v) is 11.0. The van der Waals surface area contributed by atoms with Crippen molar-refractivity contribution in [2.75, 3.05) is 23.7 Å². The number of hydrogen-bond donors (Lipinski definition) is 4. The Bertz CT molecular complexity index is 1250. The first-order valence-electron chi connectivity index (χ1n) is 10.2. The molecule has 4 heterocycles. The minimum atomic E-state index is -0.436. The molecule has 0 saturated carbocycles. The summed E-state index contributed by atoms with van der Waals surface area (Å²) in [6, 6.07) is 13.1. The molecule has 3 aromatic heterocycles. The highest BCUT2D eigenvalue weighted by atomic mass is 32.2. The van der Waals surface area contributed by atoms with E-state index in [4.69, 9.17) is 0 Å². The van der Waals surface area contributed by atoms with Gasteiger partial charge in [0.05, 0.1) is 6.10 Å². The van der Waals surface area contributed by atoms with Gasteiger partial charge in [0.15, 0.2) is 11.6 Å². The maximum Gasteiger partial charge on any atom is 0.321 e. The number of aromatic nitrogens is 5. The van der Waals surface area contributed by atoms with Crippen LogP contribution in [0.15, 0.2) is 58.7 Å². The number of aliphatic hydroxyl groups excluding tert-OH is 1. The molecule has 1 saturated heterocycles. The second kappa shape index (κ2) is 8.52. The number of urea groups is 1. The number of carbonyl (C=O) groups is 1. The molecule has 1 atom stereocenters. The van der Waals surface area contributed by atoms with Gasteiger partial charge >= 0.3 is 6.03 Å². The van der Waals surface area contributed by atoms with Crippen LogP contribution in [0.5, 0.6) is 0 Å². The predicted octanol–water partition coefficient (Wildman–Crippen LogP) is 3.25. The van der Waals surface area contributed by atoms with Crippen molar-refractivity contribution in [3.63, 3.8) is 0 Å². The molecule has 11 heteroatoms. The fraction of sp³-hybridized carbons (Fsp3) is 0.238. The number of benzene rings is 1. The number of β-amino-alcohol motifs (C(OH)–C–C–N with tert-alkyl or cyclic N) is 1. The zero-order valence-corrected chi connectivity index (χ0v) is 18.1. The van der Waals surface area contributed by atoms with Crippen LogP contribution in [0.4, 0.5) is 22.1 Å². The lowest BCUT2D eigenvalue weighted by atomic mass is 10.3. The van der Waals surface area contributed by atoms with E-state index in [1.165, 1.54) is 11.8 Å². The van der Waals surface area contributed by atoms with E-state index < -0.39 is 6.10 Å². The summed E-state index contributed by atoms with van der Waals surface area (Å²) in [6.07, 6.45) is 2.05. The lowest BCUT2D eigenvalue weighted by Gasteiger charge is -2.16. The minimum absolute atomic E-state index is 0.201. The molecule has 0 radical (unpaired) electrons. The van der Waals surface area contributed by atoms with Crippen molar-refractivity contribution < 1.29 is 9.90 Å². The van der Waals surface area contributed by atoms with E-state index in [0.29, 0.717) is 42.0 Å². The number of nitrogens with one attached hydrogen (secondary N) is 3. The van der Waals surface area contributed by atoms with E-state index in [2.05, 4.69) is 30.9 Å². The SMILES string of the molecule is Cc1cc(Nc2nc(Sc3ccc(NC(=O)N4CCC(O)C4)cc3)nn3cccc23)n[nH]1. The van der Waals surface area contributed by atoms with Gasteiger partial charge in [-0.1, -0.05) is 0 Å². The molecule has 0 spiro atoms. The Morgan fingerprint density at radius 2 is 2.12 bits per heavy atom. The number of hydrogen-bond acceptors (Lipinski definition) is 7. The number of carbonyl (C=O) groups excluding carboxylic acids is 1. The summed E-state index contributed by atoms with van der Waals surface area (Å²) < 4.78 is 1.77. The summed E-state index contributed by atoms with van der Waals surface area (Å²) in [4.78, 5) is 19.5. The van der Waals surface area contributed by atoms with Crippen molar-refractivity contribution in [1.82, 2.24) is 29.7 Å². The van der Waals surface area contributed by atoms with Gasteiger partial charge in [-0.15, -0.1) is 5.10 Å². The fourth-order valence-electron chi connectivity index (χ4n) is 3.49. The molecule has 0 aliphatic carbocycles. The monoisotopic (exact) mass is 450 g/mol. The second-order valence-electron chi connectivity index (χ2n) is 7.59. The van der Waals surface area contributed by atoms with Gasteiger partial charge in [0.1, 0.15) is 5.52 Å². The standard InChI is InChI=1S/C21H22N8O2S/c1-13-11-18(26-25-13)23-19-17-3-2-9-29(17)27-20(24-19)32-16-6-4-14(5-7-16)22-21(31)28-10-8-15(30)12-28/h2-7,9,11,15,30H,8,10,12H2,1H3,(H,22,31)(H2,23,24,25,26,27). The third kappa shape index (κ3) is 4.39. The van der Waals surface area contributed by atoms with Crippen molar-refractivity contribution in [3.05, 3.63) is 54.4 Å². The molecule has 32 heavy (non-hydrogen) atoms. The van der Waals surface area contributed by atoms with Gasteiger partial charge in [0.25, 0.3) is 0 Å². The smallest absolute Gasteiger partial charge is 0.321 e. The summed E-state index contributed by atoms with van der Waals surface area (Å²) in [5.74, 6) is 1.35. The summed E-state index contributed by atoms with van der Waals surface area (Å²) in [7, 11) is 0. The molecule has 10 nitrogen and oxygen atoms in total. The number of fused-ring (bicyclic) bond motifs is 1. The van der Waals surface area contributed by atoms with Crippen LogP contribution in [-0.2, 0) is 0 Å². The van der Waals surface area contributed by atoms with Crippen LogP contribution in [0.3, 0.4) is 0 Å². The number of H-pyrrole nitrogens is 1. The average Bonchev–Trinajstić information content (AvgIpc) is 3.51. The molecule has 1 unspecified atom stereocenters. The first kappa shape index (κ1) is 20.3. The maximum atomic E-state index is 12.3. The summed E-state index contributed by atoms with van der Waals surface area (Å²) in [5, 5.41) is 28.0. The number of amides is 2. The summed E-state index contributed by atoms with van der Waals surface area (Å²) in [5.41, 5.74) is 2.49. The van der Waals surface area contributed by atoms with Crippen molar-refractivity contribution in [3.8, 4) is 0 Å². The molecule has 164 valence electrons. The Kier molecular flexibility index (Phi) is 5.41. The number of aryl methyl sites for hydroxylation is 1. The van der Waals surface area contributed by atoms with E-state index in [9.17, 15) is 9.90 Å². The zero-order chi connectivity index (χ0) is 22.1. The van der Waals surface area contributed by atoms with Crippen LogP contribution < -0.4 is 10.6 Å². The Hall–Kier alpha value is -3.57. The first-order chi connectivity index (χ1) is 15.5. The molecule has 1 aliphatic rings. The summed E-state index contributed by atoms with van der Waals surface area (Å²) >= 11 is 1.42. The second-order valence-corrected chi connectivity index (χ2v) is 8.63. The maximum absolute atomic E-state index is 12.3. The van der Waals surface area contributed by atoms with Crippen LogP contribution in [0.2, 0.25) is 0 Å². The van der Waals surface area contributed by atoms with Crippen molar-refractivity contribution in [2.45, 2.75) is 29.5 Å². The Balaban J connectivity index is 1.30. The lowest BCUT2D eigenvalue weighted by Crippen LogP contribution is -2.33. The number of nitrogens with zero attached hydrogens (tertiary/aromatic N) is 5. The van der Waals surface area contributed by atoms with Crippen LogP contribution in [0.25, 0.3) is 5.52 Å². The largest absolute Gasteiger partial charge is 0.391 e. The van der Waals surface area contributed by atoms with Crippen molar-refractivity contribution in [2.24, 2.45) is 0 Å². The fourth-order valence-corrected chi connectivity index (χ4v) is 4.24. The predicted molar refractivity (Wildman–Crippen MR) is 121 cm³/mol. The molecule has 5 rings (SSSR count). The van der Waals surface area contributed by atoms with Gasteiger partial charge in [-0.05, 0) is 61.5 Å². The number of aliphatic hydroxyl groups is 1.